The van der Waals surface area contributed by atoms with Crippen LogP contribution in [0.2, 0.25) is 0 Å². The summed E-state index contributed by atoms with van der Waals surface area (Å²) in [6.07, 6.45) is 10.2. The lowest BCUT2D eigenvalue weighted by Crippen LogP contribution is -2.46. The lowest BCUT2D eigenvalue weighted by atomic mass is 9.82. The molecule has 0 aromatic heterocycles. The summed E-state index contributed by atoms with van der Waals surface area (Å²) >= 11 is 0. The van der Waals surface area contributed by atoms with Crippen molar-refractivity contribution in [2.75, 3.05) is 19.6 Å². The Hall–Kier alpha value is -0.570. The van der Waals surface area contributed by atoms with Gasteiger partial charge < -0.3 is 10.2 Å². The fraction of sp³-hybridized carbons (Fsp3) is 0.941. The second-order valence-corrected chi connectivity index (χ2v) is 7.42. The number of likely N-dealkylation sites (tertiary alicyclic amines) is 1. The van der Waals surface area contributed by atoms with Crippen molar-refractivity contribution < 1.29 is 4.79 Å². The highest BCUT2D eigenvalue weighted by atomic mass is 16.2. The quantitative estimate of drug-likeness (QED) is 0.857. The van der Waals surface area contributed by atoms with E-state index in [4.69, 9.17) is 0 Å². The number of nitrogens with zero attached hydrogens (tertiary/aromatic N) is 1. The average molecular weight is 278 g/mol. The second-order valence-electron chi connectivity index (χ2n) is 7.42. The molecule has 3 aliphatic rings. The van der Waals surface area contributed by atoms with Crippen LogP contribution in [0.15, 0.2) is 0 Å². The molecule has 0 radical (unpaired) electrons. The molecule has 0 spiro atoms. The van der Waals surface area contributed by atoms with Crippen molar-refractivity contribution in [1.82, 2.24) is 10.2 Å². The number of hydrogen-bond acceptors (Lipinski definition) is 2. The molecule has 2 atom stereocenters. The van der Waals surface area contributed by atoms with Crippen molar-refractivity contribution in [2.45, 2.75) is 64.3 Å². The summed E-state index contributed by atoms with van der Waals surface area (Å²) in [4.78, 5) is 14.1. The van der Waals surface area contributed by atoms with Gasteiger partial charge in [0.2, 0.25) is 5.91 Å². The third-order valence-corrected chi connectivity index (χ3v) is 5.47. The Morgan fingerprint density at radius 3 is 2.50 bits per heavy atom. The fourth-order valence-corrected chi connectivity index (χ4v) is 3.97. The first-order valence-corrected chi connectivity index (χ1v) is 8.74. The van der Waals surface area contributed by atoms with Gasteiger partial charge in [0.1, 0.15) is 0 Å². The number of rotatable bonds is 4. The Balaban J connectivity index is 1.34. The lowest BCUT2D eigenvalue weighted by Gasteiger charge is -2.34. The van der Waals surface area contributed by atoms with Gasteiger partial charge in [-0.05, 0) is 56.9 Å². The normalized spacial score (nSPS) is 32.4. The van der Waals surface area contributed by atoms with E-state index in [1.807, 2.05) is 0 Å². The van der Waals surface area contributed by atoms with Crippen molar-refractivity contribution >= 4 is 5.91 Å². The van der Waals surface area contributed by atoms with Crippen LogP contribution in [0.4, 0.5) is 0 Å². The third kappa shape index (κ3) is 3.75. The topological polar surface area (TPSA) is 32.3 Å². The Morgan fingerprint density at radius 1 is 1.10 bits per heavy atom. The molecule has 2 saturated carbocycles. The standard InChI is InChI=1S/C17H30N2O/c1-13-3-2-4-14(11-13)12-18-16-7-9-19(10-8-16)17(20)15-5-6-15/h13-16,18H,2-12H2,1H3. The van der Waals surface area contributed by atoms with Crippen LogP contribution in [-0.4, -0.2) is 36.5 Å². The first-order valence-electron chi connectivity index (χ1n) is 8.74. The van der Waals surface area contributed by atoms with Gasteiger partial charge in [-0.2, -0.15) is 0 Å². The molecular weight excluding hydrogens is 248 g/mol. The van der Waals surface area contributed by atoms with Gasteiger partial charge in [0.05, 0.1) is 0 Å². The van der Waals surface area contributed by atoms with Crippen LogP contribution in [0.25, 0.3) is 0 Å². The molecule has 3 rings (SSSR count). The monoisotopic (exact) mass is 278 g/mol. The molecule has 3 nitrogen and oxygen atoms in total. The summed E-state index contributed by atoms with van der Waals surface area (Å²) in [5, 5.41) is 3.78. The molecular formula is C17H30N2O. The predicted molar refractivity (Wildman–Crippen MR) is 81.5 cm³/mol. The van der Waals surface area contributed by atoms with E-state index in [1.54, 1.807) is 0 Å². The molecule has 1 heterocycles. The number of carbonyl (C=O) groups is 1. The van der Waals surface area contributed by atoms with Crippen molar-refractivity contribution in [2.24, 2.45) is 17.8 Å². The lowest BCUT2D eigenvalue weighted by molar-refractivity contribution is -0.133. The van der Waals surface area contributed by atoms with Crippen molar-refractivity contribution in [3.8, 4) is 0 Å². The Bertz CT molecular complexity index is 332. The molecule has 1 saturated heterocycles. The van der Waals surface area contributed by atoms with E-state index < -0.39 is 0 Å². The minimum Gasteiger partial charge on any atom is -0.342 e. The summed E-state index contributed by atoms with van der Waals surface area (Å²) in [6, 6.07) is 0.649. The van der Waals surface area contributed by atoms with E-state index in [2.05, 4.69) is 17.1 Å². The average Bonchev–Trinajstić information content (AvgIpc) is 3.30. The van der Waals surface area contributed by atoms with Crippen molar-refractivity contribution in [3.05, 3.63) is 0 Å². The van der Waals surface area contributed by atoms with Crippen LogP contribution < -0.4 is 5.32 Å². The molecule has 1 aliphatic heterocycles. The molecule has 20 heavy (non-hydrogen) atoms. The maximum absolute atomic E-state index is 12.0. The smallest absolute Gasteiger partial charge is 0.225 e. The van der Waals surface area contributed by atoms with E-state index in [0.29, 0.717) is 17.9 Å². The number of hydrogen-bond donors (Lipinski definition) is 1. The second kappa shape index (κ2) is 6.46. The molecule has 3 fully saturated rings. The molecule has 0 aromatic rings. The largest absolute Gasteiger partial charge is 0.342 e. The highest BCUT2D eigenvalue weighted by Crippen LogP contribution is 2.32. The summed E-state index contributed by atoms with van der Waals surface area (Å²) in [5.74, 6) is 2.64. The minimum absolute atomic E-state index is 0.392. The summed E-state index contributed by atoms with van der Waals surface area (Å²) in [5.41, 5.74) is 0. The maximum Gasteiger partial charge on any atom is 0.225 e. The summed E-state index contributed by atoms with van der Waals surface area (Å²) < 4.78 is 0. The minimum atomic E-state index is 0.392. The molecule has 0 bridgehead atoms. The molecule has 2 unspecified atom stereocenters. The molecule has 1 amide bonds. The summed E-state index contributed by atoms with van der Waals surface area (Å²) in [7, 11) is 0. The van der Waals surface area contributed by atoms with Gasteiger partial charge in [0.25, 0.3) is 0 Å². The van der Waals surface area contributed by atoms with Gasteiger partial charge in [-0.3, -0.25) is 4.79 Å². The van der Waals surface area contributed by atoms with Crippen LogP contribution in [0, 0.1) is 17.8 Å². The number of amides is 1. The third-order valence-electron chi connectivity index (χ3n) is 5.47. The molecule has 2 aliphatic carbocycles. The van der Waals surface area contributed by atoms with Crippen LogP contribution in [0.3, 0.4) is 0 Å². The number of carbonyl (C=O) groups excluding carboxylic acids is 1. The number of piperidine rings is 1. The van der Waals surface area contributed by atoms with E-state index in [0.717, 1.165) is 50.6 Å². The Labute approximate surface area is 123 Å². The fourth-order valence-electron chi connectivity index (χ4n) is 3.97. The zero-order valence-corrected chi connectivity index (χ0v) is 12.9. The van der Waals surface area contributed by atoms with Crippen LogP contribution in [0.5, 0.6) is 0 Å². The highest BCUT2D eigenvalue weighted by Gasteiger charge is 2.34. The van der Waals surface area contributed by atoms with Gasteiger partial charge >= 0.3 is 0 Å². The van der Waals surface area contributed by atoms with Gasteiger partial charge in [0.15, 0.2) is 0 Å². The zero-order chi connectivity index (χ0) is 13.9. The van der Waals surface area contributed by atoms with E-state index in [-0.39, 0.29) is 0 Å². The van der Waals surface area contributed by atoms with Crippen LogP contribution in [0.1, 0.15) is 58.3 Å². The van der Waals surface area contributed by atoms with Gasteiger partial charge in [-0.1, -0.05) is 19.8 Å². The SMILES string of the molecule is CC1CCCC(CNC2CCN(C(=O)C3CC3)CC2)C1. The molecule has 3 heteroatoms. The first-order chi connectivity index (χ1) is 9.72. The summed E-state index contributed by atoms with van der Waals surface area (Å²) in [6.45, 7) is 5.56. The van der Waals surface area contributed by atoms with Gasteiger partial charge in [0, 0.05) is 25.0 Å². The first kappa shape index (κ1) is 14.4. The van der Waals surface area contributed by atoms with E-state index in [9.17, 15) is 4.79 Å². The predicted octanol–water partition coefficient (Wildman–Crippen LogP) is 2.80. The zero-order valence-electron chi connectivity index (χ0n) is 12.9. The highest BCUT2D eigenvalue weighted by molar-refractivity contribution is 5.81. The van der Waals surface area contributed by atoms with Crippen molar-refractivity contribution in [3.63, 3.8) is 0 Å². The Kier molecular flexibility index (Phi) is 4.65. The van der Waals surface area contributed by atoms with Crippen LogP contribution >= 0.6 is 0 Å². The molecule has 0 aromatic carbocycles. The maximum atomic E-state index is 12.0. The molecule has 1 N–H and O–H groups in total. The van der Waals surface area contributed by atoms with Crippen molar-refractivity contribution in [1.29, 1.82) is 0 Å². The van der Waals surface area contributed by atoms with E-state index in [1.165, 1.54) is 32.2 Å². The Morgan fingerprint density at radius 2 is 1.85 bits per heavy atom. The van der Waals surface area contributed by atoms with Gasteiger partial charge in [-0.15, -0.1) is 0 Å². The number of nitrogens with one attached hydrogen (secondary N) is 1. The molecule has 114 valence electrons. The van der Waals surface area contributed by atoms with E-state index >= 15 is 0 Å². The van der Waals surface area contributed by atoms with Crippen LogP contribution in [-0.2, 0) is 4.79 Å². The van der Waals surface area contributed by atoms with Gasteiger partial charge in [-0.25, -0.2) is 0 Å².